The summed E-state index contributed by atoms with van der Waals surface area (Å²) in [6.07, 6.45) is 0. The molecule has 0 atom stereocenters. The van der Waals surface area contributed by atoms with E-state index >= 15 is 0 Å². The molecule has 26 aromatic rings. The first-order valence-corrected chi connectivity index (χ1v) is 46.3. The molecule has 0 aliphatic heterocycles. The van der Waals surface area contributed by atoms with E-state index in [0.29, 0.717) is 5.95 Å². The van der Waals surface area contributed by atoms with Crippen LogP contribution in [0.4, 0.5) is 0 Å². The lowest BCUT2D eigenvalue weighted by atomic mass is 9.67. The summed E-state index contributed by atoms with van der Waals surface area (Å²) in [6.45, 7) is 0. The highest BCUT2D eigenvalue weighted by Gasteiger charge is 2.48. The topological polar surface area (TPSA) is 45.5 Å². The Labute approximate surface area is 773 Å². The lowest BCUT2D eigenvalue weighted by molar-refractivity contribution is 0.767. The summed E-state index contributed by atoms with van der Waals surface area (Å²) in [5.74, 6) is 0.590. The molecule has 0 bridgehead atoms. The molecule has 0 radical (unpaired) electrons. The monoisotopic (exact) mass is 1700 g/mol. The molecule has 21 aromatic carbocycles. The Bertz CT molecular complexity index is 9230. The maximum absolute atomic E-state index is 5.91. The summed E-state index contributed by atoms with van der Waals surface area (Å²) in [6, 6.07) is 180. The predicted octanol–water partition coefficient (Wildman–Crippen LogP) is 32.2. The molecule has 0 saturated heterocycles. The van der Waals surface area contributed by atoms with Crippen molar-refractivity contribution in [3.63, 3.8) is 0 Å². The van der Waals surface area contributed by atoms with Gasteiger partial charge in [0.1, 0.15) is 0 Å². The molecular formula is C128H80N6. The van der Waals surface area contributed by atoms with Crippen molar-refractivity contribution in [1.29, 1.82) is 0 Å². The molecule has 0 N–H and O–H groups in total. The van der Waals surface area contributed by atoms with E-state index < -0.39 is 10.8 Å². The summed E-state index contributed by atoms with van der Waals surface area (Å²) < 4.78 is 9.72. The van der Waals surface area contributed by atoms with Crippen LogP contribution in [0.15, 0.2) is 485 Å². The summed E-state index contributed by atoms with van der Waals surface area (Å²) >= 11 is 0. The van der Waals surface area contributed by atoms with Gasteiger partial charge < -0.3 is 13.7 Å². The van der Waals surface area contributed by atoms with Gasteiger partial charge in [-0.05, 0) is 250 Å². The van der Waals surface area contributed by atoms with Gasteiger partial charge in [0, 0.05) is 76.5 Å². The van der Waals surface area contributed by atoms with Gasteiger partial charge in [-0.2, -0.15) is 0 Å². The first-order chi connectivity index (χ1) is 66.4. The first-order valence-electron chi connectivity index (χ1n) is 46.3. The van der Waals surface area contributed by atoms with Crippen LogP contribution in [-0.2, 0) is 10.8 Å². The molecule has 6 nitrogen and oxygen atoms in total. The molecular weight excluding hydrogens is 1620 g/mol. The van der Waals surface area contributed by atoms with Crippen LogP contribution >= 0.6 is 0 Å². The number of rotatable bonds is 13. The quantitative estimate of drug-likeness (QED) is 0.108. The minimum absolute atomic E-state index is 0.527. The Balaban J connectivity index is 0.574. The van der Waals surface area contributed by atoms with Crippen LogP contribution in [-0.4, -0.2) is 28.2 Å². The van der Waals surface area contributed by atoms with Crippen molar-refractivity contribution in [2.24, 2.45) is 0 Å². The smallest absolute Gasteiger partial charge is 0.235 e. The van der Waals surface area contributed by atoms with Crippen LogP contribution in [0.3, 0.4) is 0 Å². The summed E-state index contributed by atoms with van der Waals surface area (Å²) in [5, 5.41) is 12.5. The minimum Gasteiger partial charge on any atom is -0.309 e. The Hall–Kier alpha value is -17.6. The molecule has 134 heavy (non-hydrogen) atoms. The van der Waals surface area contributed by atoms with E-state index in [1.54, 1.807) is 0 Å². The number of nitrogens with zero attached hydrogens (tertiary/aromatic N) is 6. The minimum atomic E-state index is -0.537. The van der Waals surface area contributed by atoms with E-state index in [9.17, 15) is 0 Å². The Morgan fingerprint density at radius 3 is 0.873 bits per heavy atom. The normalized spacial score (nSPS) is 13.0. The van der Waals surface area contributed by atoms with Crippen LogP contribution in [0.1, 0.15) is 44.5 Å². The van der Waals surface area contributed by atoms with Gasteiger partial charge in [-0.1, -0.05) is 352 Å². The Morgan fingerprint density at radius 1 is 0.164 bits per heavy atom. The molecule has 0 saturated carbocycles. The highest BCUT2D eigenvalue weighted by atomic mass is 15.2. The second-order valence-electron chi connectivity index (χ2n) is 36.1. The second kappa shape index (κ2) is 29.5. The molecule has 0 amide bonds. The van der Waals surface area contributed by atoms with Gasteiger partial charge in [-0.3, -0.25) is 4.57 Å². The van der Waals surface area contributed by atoms with Crippen molar-refractivity contribution < 1.29 is 0 Å². The number of benzene rings is 21. The molecule has 0 unspecified atom stereocenters. The van der Waals surface area contributed by atoms with Gasteiger partial charge in [0.25, 0.3) is 0 Å². The fraction of sp³-hybridized carbons (Fsp3) is 0.0156. The van der Waals surface area contributed by atoms with Gasteiger partial charge in [-0.25, -0.2) is 9.97 Å². The van der Waals surface area contributed by atoms with Gasteiger partial charge in [0.05, 0.1) is 66.2 Å². The predicted molar refractivity (Wildman–Crippen MR) is 556 cm³/mol. The molecule has 622 valence electrons. The third kappa shape index (κ3) is 11.1. The molecule has 5 heterocycles. The van der Waals surface area contributed by atoms with Gasteiger partial charge in [0.2, 0.25) is 5.95 Å². The van der Waals surface area contributed by atoms with E-state index in [-0.39, 0.29) is 0 Å². The summed E-state index contributed by atoms with van der Waals surface area (Å²) in [7, 11) is 0. The maximum atomic E-state index is 5.91. The molecule has 5 aromatic heterocycles. The van der Waals surface area contributed by atoms with Crippen molar-refractivity contribution in [3.8, 4) is 101 Å². The van der Waals surface area contributed by atoms with E-state index in [1.165, 1.54) is 105 Å². The number of hydrogen-bond acceptors (Lipinski definition) is 2. The molecule has 6 heteroatoms. The third-order valence-electron chi connectivity index (χ3n) is 29.3. The zero-order valence-electron chi connectivity index (χ0n) is 72.9. The van der Waals surface area contributed by atoms with Crippen molar-refractivity contribution >= 4 is 109 Å². The summed E-state index contributed by atoms with van der Waals surface area (Å²) in [5.41, 5.74) is 38.1. The highest BCUT2D eigenvalue weighted by molar-refractivity contribution is 6.17. The number of aromatic nitrogens is 6. The molecule has 28 rings (SSSR count). The number of hydrogen-bond donors (Lipinski definition) is 0. The van der Waals surface area contributed by atoms with Crippen molar-refractivity contribution in [3.05, 3.63) is 530 Å². The van der Waals surface area contributed by atoms with Gasteiger partial charge in [-0.15, -0.1) is 0 Å². The van der Waals surface area contributed by atoms with E-state index in [2.05, 4.69) is 504 Å². The van der Waals surface area contributed by atoms with Crippen LogP contribution in [0.5, 0.6) is 0 Å². The van der Waals surface area contributed by atoms with Crippen LogP contribution in [0, 0.1) is 0 Å². The average Bonchev–Trinajstić information content (AvgIpc) is 1.53. The fourth-order valence-electron chi connectivity index (χ4n) is 23.5. The lowest BCUT2D eigenvalue weighted by Crippen LogP contribution is -2.28. The lowest BCUT2D eigenvalue weighted by Gasteiger charge is -2.34. The summed E-state index contributed by atoms with van der Waals surface area (Å²) in [4.78, 5) is 11.8. The standard InChI is InChI=1S/C128H80N6/c1-7-31-81(32-8-1)88-71-89(82-33-9-2-10-34-82)73-90(72-88)124-107-63-55-87-74-95(131-116-51-27-21-45-103(116)108-75-83(56-67-120(108)131)84-57-68-121-109(76-84)104-46-22-28-52-117(104)132(121)96-61-65-101-99-43-19-25-49-112(99)127(114(101)79-96,91-35-11-3-12-36-91)92-37-13-4-14-38-92)60-64-98(87)125(107)130-126(129-124)134-119-54-30-24-48-106(119)111-78-86(59-70-123(111)134)85-58-69-122-110(77-85)105-47-23-29-53-118(105)133(122)97-62-66-102-100-44-20-26-50-113(100)128(115(102)80-97,93-39-15-5-16-40-93)94-41-17-6-18-42-94/h1-80H. The highest BCUT2D eigenvalue weighted by Crippen LogP contribution is 2.60. The Kier molecular flexibility index (Phi) is 16.6. The largest absolute Gasteiger partial charge is 0.309 e. The average molecular weight is 1700 g/mol. The maximum Gasteiger partial charge on any atom is 0.235 e. The number of fused-ring (bicyclic) bond motifs is 21. The SMILES string of the molecule is c1ccc(-c2cc(-c3ccccc3)cc(-c3nc(-n4c5ccccc5c5cc(-c6ccc7c(c6)c6ccccc6n7-c6ccc7c(c6)C(c6ccccc6)(c6ccccc6)c6ccccc6-7)ccc54)nc4c3ccc3cc(-n5c6ccccc6c6cc(-c7ccc8c(c7)c7ccccc7n8-c7ccc8c(c7)C(c7ccccc7)(c7ccccc7)c7ccccc7-8)ccc65)ccc34)c2)cc1. The molecule has 0 fully saturated rings. The second-order valence-corrected chi connectivity index (χ2v) is 36.1. The zero-order chi connectivity index (χ0) is 87.9. The third-order valence-corrected chi connectivity index (χ3v) is 29.3. The number of para-hydroxylation sites is 4. The molecule has 2 aliphatic rings. The van der Waals surface area contributed by atoms with E-state index in [4.69, 9.17) is 9.97 Å². The zero-order valence-corrected chi connectivity index (χ0v) is 72.9. The fourth-order valence-corrected chi connectivity index (χ4v) is 23.5. The molecule has 0 spiro atoms. The Morgan fingerprint density at radius 2 is 0.470 bits per heavy atom. The van der Waals surface area contributed by atoms with E-state index in [1.807, 2.05) is 0 Å². The van der Waals surface area contributed by atoms with Crippen LogP contribution < -0.4 is 0 Å². The van der Waals surface area contributed by atoms with Gasteiger partial charge >= 0.3 is 0 Å². The van der Waals surface area contributed by atoms with Crippen molar-refractivity contribution in [2.45, 2.75) is 10.8 Å². The van der Waals surface area contributed by atoms with E-state index in [0.717, 1.165) is 144 Å². The molecule has 2 aliphatic carbocycles. The van der Waals surface area contributed by atoms with Crippen molar-refractivity contribution in [2.75, 3.05) is 0 Å². The van der Waals surface area contributed by atoms with Crippen molar-refractivity contribution in [1.82, 2.24) is 28.2 Å². The van der Waals surface area contributed by atoms with Crippen LogP contribution in [0.25, 0.3) is 210 Å². The van der Waals surface area contributed by atoms with Crippen LogP contribution in [0.2, 0.25) is 0 Å². The van der Waals surface area contributed by atoms with Gasteiger partial charge in [0.15, 0.2) is 0 Å². The first kappa shape index (κ1) is 75.4.